The predicted octanol–water partition coefficient (Wildman–Crippen LogP) is 5.08. The molecule has 3 aromatic carbocycles. The molecule has 0 spiro atoms. The van der Waals surface area contributed by atoms with Crippen LogP contribution in [0.4, 0.5) is 11.5 Å². The van der Waals surface area contributed by atoms with Crippen molar-refractivity contribution >= 4 is 11.5 Å². The average molecular weight is 382 g/mol. The fourth-order valence-electron chi connectivity index (χ4n) is 3.83. The van der Waals surface area contributed by atoms with E-state index in [0.717, 1.165) is 46.7 Å². The van der Waals surface area contributed by atoms with Crippen molar-refractivity contribution in [2.75, 3.05) is 11.9 Å². The van der Waals surface area contributed by atoms with Gasteiger partial charge in [0.15, 0.2) is 0 Å². The zero-order valence-electron chi connectivity index (χ0n) is 15.6. The molecule has 0 unspecified atom stereocenters. The highest BCUT2D eigenvalue weighted by molar-refractivity contribution is 5.76. The Morgan fingerprint density at radius 3 is 2.28 bits per heavy atom. The number of nitro groups is 1. The van der Waals surface area contributed by atoms with E-state index in [1.807, 2.05) is 18.2 Å². The number of rotatable bonds is 4. The minimum atomic E-state index is -0.368. The molecule has 0 amide bonds. The third-order valence-electron chi connectivity index (χ3n) is 5.22. The molecule has 0 bridgehead atoms. The highest BCUT2D eigenvalue weighted by atomic mass is 16.6. The van der Waals surface area contributed by atoms with Crippen LogP contribution in [-0.4, -0.2) is 21.2 Å². The second-order valence-corrected chi connectivity index (χ2v) is 6.95. The number of para-hydroxylation sites is 2. The van der Waals surface area contributed by atoms with Crippen LogP contribution in [0.15, 0.2) is 78.9 Å². The summed E-state index contributed by atoms with van der Waals surface area (Å²) in [6.45, 7) is 0.795. The largest absolute Gasteiger partial charge is 0.369 e. The summed E-state index contributed by atoms with van der Waals surface area (Å²) in [6, 6.07) is 25.2. The summed E-state index contributed by atoms with van der Waals surface area (Å²) in [5.74, 6) is 0.835. The van der Waals surface area contributed by atoms with Gasteiger partial charge in [0.2, 0.25) is 0 Å². The van der Waals surface area contributed by atoms with Gasteiger partial charge in [-0.2, -0.15) is 5.10 Å². The Kier molecular flexibility index (Phi) is 4.09. The Bertz CT molecular complexity index is 1200. The van der Waals surface area contributed by atoms with Crippen molar-refractivity contribution in [3.05, 3.63) is 94.5 Å². The monoisotopic (exact) mass is 382 g/mol. The van der Waals surface area contributed by atoms with Crippen molar-refractivity contribution < 1.29 is 4.92 Å². The summed E-state index contributed by atoms with van der Waals surface area (Å²) in [6.07, 6.45) is 0.839. The summed E-state index contributed by atoms with van der Waals surface area (Å²) in [5.41, 5.74) is 5.77. The van der Waals surface area contributed by atoms with Gasteiger partial charge in [0, 0.05) is 23.7 Å². The first-order valence-corrected chi connectivity index (χ1v) is 9.48. The lowest BCUT2D eigenvalue weighted by Gasteiger charge is -2.07. The Labute approximate surface area is 167 Å². The van der Waals surface area contributed by atoms with E-state index in [-0.39, 0.29) is 10.6 Å². The molecule has 1 N–H and O–H groups in total. The van der Waals surface area contributed by atoms with Crippen LogP contribution in [-0.2, 0) is 6.42 Å². The van der Waals surface area contributed by atoms with Gasteiger partial charge in [-0.15, -0.1) is 0 Å². The summed E-state index contributed by atoms with van der Waals surface area (Å²) < 4.78 is 1.67. The van der Waals surface area contributed by atoms with Gasteiger partial charge in [0.25, 0.3) is 5.69 Å². The number of fused-ring (bicyclic) bond motifs is 1. The van der Waals surface area contributed by atoms with E-state index in [2.05, 4.69) is 41.7 Å². The van der Waals surface area contributed by atoms with Gasteiger partial charge in [-0.05, 0) is 23.6 Å². The van der Waals surface area contributed by atoms with Crippen molar-refractivity contribution in [3.8, 4) is 28.1 Å². The summed E-state index contributed by atoms with van der Waals surface area (Å²) in [7, 11) is 0. The molecule has 0 fully saturated rings. The first-order chi connectivity index (χ1) is 14.2. The second kappa shape index (κ2) is 6.91. The van der Waals surface area contributed by atoms with E-state index in [1.165, 1.54) is 6.07 Å². The molecule has 1 aliphatic heterocycles. The topological polar surface area (TPSA) is 73.0 Å². The molecule has 1 aliphatic rings. The highest BCUT2D eigenvalue weighted by Gasteiger charge is 2.27. The molecule has 1 aromatic heterocycles. The number of hydrogen-bond donors (Lipinski definition) is 1. The van der Waals surface area contributed by atoms with E-state index in [9.17, 15) is 10.1 Å². The zero-order chi connectivity index (χ0) is 19.8. The van der Waals surface area contributed by atoms with Crippen molar-refractivity contribution in [2.24, 2.45) is 0 Å². The normalized spacial score (nSPS) is 12.4. The van der Waals surface area contributed by atoms with Crippen molar-refractivity contribution in [2.45, 2.75) is 6.42 Å². The Hall–Kier alpha value is -3.93. The van der Waals surface area contributed by atoms with E-state index in [1.54, 1.807) is 22.9 Å². The molecule has 29 heavy (non-hydrogen) atoms. The van der Waals surface area contributed by atoms with Gasteiger partial charge >= 0.3 is 0 Å². The van der Waals surface area contributed by atoms with Gasteiger partial charge in [-0.25, -0.2) is 4.68 Å². The smallest absolute Gasteiger partial charge is 0.294 e. The molecule has 0 aliphatic carbocycles. The second-order valence-electron chi connectivity index (χ2n) is 6.95. The number of benzene rings is 3. The number of nitro benzene ring substituents is 1. The number of anilines is 1. The minimum absolute atomic E-state index is 0.0393. The maximum atomic E-state index is 11.5. The van der Waals surface area contributed by atoms with Crippen molar-refractivity contribution in [3.63, 3.8) is 0 Å². The Balaban J connectivity index is 1.60. The molecule has 5 rings (SSSR count). The number of aromatic nitrogens is 2. The van der Waals surface area contributed by atoms with Crippen LogP contribution >= 0.6 is 0 Å². The molecule has 6 heteroatoms. The lowest BCUT2D eigenvalue weighted by atomic mass is 10.0. The van der Waals surface area contributed by atoms with Gasteiger partial charge in [0.05, 0.1) is 10.6 Å². The molecule has 6 nitrogen and oxygen atoms in total. The molecular formula is C23H18N4O2. The van der Waals surface area contributed by atoms with Crippen LogP contribution in [0.5, 0.6) is 0 Å². The SMILES string of the molecule is O=[N+]([O-])c1ccccc1-n1nc(-c2ccc(-c3ccccc3)cc2)c2c1NCC2. The summed E-state index contributed by atoms with van der Waals surface area (Å²) >= 11 is 0. The molecule has 0 saturated carbocycles. The van der Waals surface area contributed by atoms with Gasteiger partial charge in [0.1, 0.15) is 11.5 Å². The Morgan fingerprint density at radius 1 is 0.862 bits per heavy atom. The fraction of sp³-hybridized carbons (Fsp3) is 0.0870. The van der Waals surface area contributed by atoms with Crippen molar-refractivity contribution in [1.29, 1.82) is 0 Å². The van der Waals surface area contributed by atoms with Gasteiger partial charge in [-0.3, -0.25) is 10.1 Å². The van der Waals surface area contributed by atoms with Crippen LogP contribution in [0.25, 0.3) is 28.1 Å². The van der Waals surface area contributed by atoms with Crippen LogP contribution in [0.1, 0.15) is 5.56 Å². The maximum absolute atomic E-state index is 11.5. The molecular weight excluding hydrogens is 364 g/mol. The van der Waals surface area contributed by atoms with E-state index in [0.29, 0.717) is 5.69 Å². The van der Waals surface area contributed by atoms with Gasteiger partial charge < -0.3 is 5.32 Å². The quantitative estimate of drug-likeness (QED) is 0.394. The van der Waals surface area contributed by atoms with Crippen LogP contribution in [0.2, 0.25) is 0 Å². The molecule has 0 atom stereocenters. The average Bonchev–Trinajstić information content (AvgIpc) is 3.37. The standard InChI is InChI=1S/C23H18N4O2/c28-27(29)21-9-5-4-8-20(21)26-23-19(14-15-24-23)22(25-26)18-12-10-17(11-13-18)16-6-2-1-3-7-16/h1-13,24H,14-15H2. The van der Waals surface area contributed by atoms with Crippen molar-refractivity contribution in [1.82, 2.24) is 9.78 Å². The number of nitrogens with zero attached hydrogens (tertiary/aromatic N) is 3. The zero-order valence-corrected chi connectivity index (χ0v) is 15.6. The predicted molar refractivity (Wildman–Crippen MR) is 113 cm³/mol. The highest BCUT2D eigenvalue weighted by Crippen LogP contribution is 2.37. The van der Waals surface area contributed by atoms with Crippen LogP contribution in [0, 0.1) is 10.1 Å². The molecule has 0 radical (unpaired) electrons. The lowest BCUT2D eigenvalue weighted by Crippen LogP contribution is -2.06. The minimum Gasteiger partial charge on any atom is -0.369 e. The third kappa shape index (κ3) is 2.95. The first-order valence-electron chi connectivity index (χ1n) is 9.48. The molecule has 2 heterocycles. The number of nitrogens with one attached hydrogen (secondary N) is 1. The Morgan fingerprint density at radius 2 is 1.52 bits per heavy atom. The van der Waals surface area contributed by atoms with Crippen LogP contribution < -0.4 is 5.32 Å². The molecule has 4 aromatic rings. The van der Waals surface area contributed by atoms with E-state index in [4.69, 9.17) is 5.10 Å². The maximum Gasteiger partial charge on any atom is 0.294 e. The third-order valence-corrected chi connectivity index (χ3v) is 5.22. The first kappa shape index (κ1) is 17.2. The number of hydrogen-bond acceptors (Lipinski definition) is 4. The molecule has 0 saturated heterocycles. The van der Waals surface area contributed by atoms with E-state index < -0.39 is 0 Å². The lowest BCUT2D eigenvalue weighted by molar-refractivity contribution is -0.384. The van der Waals surface area contributed by atoms with E-state index >= 15 is 0 Å². The van der Waals surface area contributed by atoms with Crippen LogP contribution in [0.3, 0.4) is 0 Å². The molecule has 142 valence electrons. The summed E-state index contributed by atoms with van der Waals surface area (Å²) in [5, 5.41) is 19.6. The fourth-order valence-corrected chi connectivity index (χ4v) is 3.83. The summed E-state index contributed by atoms with van der Waals surface area (Å²) in [4.78, 5) is 11.1. The van der Waals surface area contributed by atoms with Gasteiger partial charge in [-0.1, -0.05) is 66.7 Å².